The van der Waals surface area contributed by atoms with Gasteiger partial charge in [-0.1, -0.05) is 36.4 Å². The maximum absolute atomic E-state index is 10.6. The molecule has 4 N–H and O–H groups in total. The van der Waals surface area contributed by atoms with Crippen molar-refractivity contribution in [3.05, 3.63) is 60.7 Å². The molecule has 6 nitrogen and oxygen atoms in total. The third-order valence-electron chi connectivity index (χ3n) is 2.66. The monoisotopic (exact) mass is 580 g/mol. The third-order valence-corrected chi connectivity index (χ3v) is 5.74. The number of hydrogen-bond acceptors (Lipinski definition) is 4. The van der Waals surface area contributed by atoms with E-state index in [1.807, 2.05) is 0 Å². The molecule has 0 spiro atoms. The molecule has 2 aromatic rings. The van der Waals surface area contributed by atoms with E-state index in [2.05, 4.69) is 6.92 Å². The van der Waals surface area contributed by atoms with Crippen LogP contribution in [0.1, 0.15) is 19.8 Å². The normalized spacial score (nSPS) is 10.7. The number of unbranched alkanes of at least 4 members (excludes halogenated alkanes) is 1. The standard InChI is InChI=1S/2C6H7NO2S.C4H9.Bi/c2*7-10(8,9)6-4-2-1-3-5-6;1-3-4-2;/h2*1-5H,(H2,7,8,9);1,3-4H2,2H3;/q;;;+2. The molecule has 0 unspecified atom stereocenters. The van der Waals surface area contributed by atoms with Crippen LogP contribution in [0.2, 0.25) is 4.13 Å². The van der Waals surface area contributed by atoms with Gasteiger partial charge in [-0.25, -0.2) is 27.1 Å². The molecule has 0 aromatic heterocycles. The number of sulfonamides is 2. The third kappa shape index (κ3) is 12.2. The van der Waals surface area contributed by atoms with Gasteiger partial charge in [0.1, 0.15) is 0 Å². The Balaban J connectivity index is 0.000000368. The summed E-state index contributed by atoms with van der Waals surface area (Å²) in [4.78, 5) is 0.296. The van der Waals surface area contributed by atoms with Crippen molar-refractivity contribution >= 4 is 44.8 Å². The Bertz CT molecular complexity index is 727. The van der Waals surface area contributed by atoms with Gasteiger partial charge in [-0.2, -0.15) is 0 Å². The summed E-state index contributed by atoms with van der Waals surface area (Å²) < 4.78 is 43.9. The fourth-order valence-electron chi connectivity index (χ4n) is 1.38. The summed E-state index contributed by atoms with van der Waals surface area (Å²) in [6.07, 6.45) is 2.81. The van der Waals surface area contributed by atoms with E-state index in [0.29, 0.717) is 0 Å². The molecule has 25 heavy (non-hydrogen) atoms. The number of benzene rings is 2. The molecule has 0 fully saturated rings. The molecule has 0 saturated carbocycles. The zero-order valence-electron chi connectivity index (χ0n) is 13.9. The molecule has 2 aromatic carbocycles. The van der Waals surface area contributed by atoms with Gasteiger partial charge in [0.15, 0.2) is 0 Å². The van der Waals surface area contributed by atoms with Crippen molar-refractivity contribution in [3.63, 3.8) is 0 Å². The van der Waals surface area contributed by atoms with E-state index >= 15 is 0 Å². The molecule has 0 atom stereocenters. The van der Waals surface area contributed by atoms with E-state index in [1.54, 1.807) is 61.1 Å². The van der Waals surface area contributed by atoms with Crippen LogP contribution in [0.25, 0.3) is 0 Å². The van der Waals surface area contributed by atoms with E-state index in [0.717, 1.165) is 0 Å². The minimum atomic E-state index is -3.50. The van der Waals surface area contributed by atoms with E-state index in [1.165, 1.54) is 41.2 Å². The molecular weight excluding hydrogens is 557 g/mol. The van der Waals surface area contributed by atoms with Gasteiger partial charge in [-0.3, -0.25) is 0 Å². The van der Waals surface area contributed by atoms with Crippen LogP contribution < -0.4 is 10.3 Å². The Morgan fingerprint density at radius 2 is 1.08 bits per heavy atom. The number of nitrogens with two attached hydrogens (primary N) is 2. The first-order valence-corrected chi connectivity index (χ1v) is 12.9. The van der Waals surface area contributed by atoms with Crippen LogP contribution in [-0.4, -0.2) is 41.6 Å². The Labute approximate surface area is 165 Å². The van der Waals surface area contributed by atoms with Gasteiger partial charge < -0.3 is 0 Å². The van der Waals surface area contributed by atoms with Crippen molar-refractivity contribution in [3.8, 4) is 0 Å². The van der Waals surface area contributed by atoms with Crippen LogP contribution in [-0.2, 0) is 20.0 Å². The zero-order valence-corrected chi connectivity index (χ0v) is 19.1. The molecular formula is C16H23BiN2O4S2+2. The molecule has 0 heterocycles. The van der Waals surface area contributed by atoms with E-state index in [-0.39, 0.29) is 9.79 Å². The Kier molecular flexibility index (Phi) is 12.1. The van der Waals surface area contributed by atoms with Crippen molar-refractivity contribution in [2.45, 2.75) is 33.7 Å². The second-order valence-electron chi connectivity index (χ2n) is 4.79. The van der Waals surface area contributed by atoms with Crippen molar-refractivity contribution in [1.29, 1.82) is 0 Å². The van der Waals surface area contributed by atoms with Gasteiger partial charge >= 0.3 is 48.6 Å². The number of hydrogen-bond donors (Lipinski definition) is 2. The minimum absolute atomic E-state index is 0.148. The van der Waals surface area contributed by atoms with Crippen LogP contribution in [0, 0.1) is 0 Å². The Morgan fingerprint density at radius 3 is 1.20 bits per heavy atom. The average molecular weight is 580 g/mol. The summed E-state index contributed by atoms with van der Waals surface area (Å²) in [5, 5.41) is 9.66. The first-order chi connectivity index (χ1) is 11.6. The molecule has 0 aliphatic heterocycles. The molecule has 2 rings (SSSR count). The second-order valence-corrected chi connectivity index (χ2v) is 9.65. The van der Waals surface area contributed by atoms with Gasteiger partial charge in [-0.15, -0.1) is 0 Å². The molecule has 0 aliphatic rings. The fraction of sp³-hybridized carbons (Fsp3) is 0.250. The van der Waals surface area contributed by atoms with E-state index in [9.17, 15) is 16.8 Å². The quantitative estimate of drug-likeness (QED) is 0.538. The summed E-state index contributed by atoms with van der Waals surface area (Å²) >= 11 is 1.56. The predicted molar refractivity (Wildman–Crippen MR) is 101 cm³/mol. The summed E-state index contributed by atoms with van der Waals surface area (Å²) in [6, 6.07) is 15.8. The molecule has 2 radical (unpaired) electrons. The van der Waals surface area contributed by atoms with Gasteiger partial charge in [0.05, 0.1) is 9.79 Å². The molecule has 0 amide bonds. The van der Waals surface area contributed by atoms with E-state index < -0.39 is 20.0 Å². The topological polar surface area (TPSA) is 120 Å². The van der Waals surface area contributed by atoms with Crippen LogP contribution in [0.15, 0.2) is 70.5 Å². The molecule has 0 saturated heterocycles. The van der Waals surface area contributed by atoms with Crippen molar-refractivity contribution < 1.29 is 16.8 Å². The van der Waals surface area contributed by atoms with Crippen LogP contribution in [0.3, 0.4) is 0 Å². The van der Waals surface area contributed by atoms with Crippen LogP contribution in [0.5, 0.6) is 0 Å². The molecule has 136 valence electrons. The maximum Gasteiger partial charge on any atom is 0.238 e. The van der Waals surface area contributed by atoms with Crippen molar-refractivity contribution in [2.24, 2.45) is 10.3 Å². The first-order valence-electron chi connectivity index (χ1n) is 7.39. The second kappa shape index (κ2) is 12.5. The molecule has 0 bridgehead atoms. The Hall–Kier alpha value is -0.857. The van der Waals surface area contributed by atoms with Gasteiger partial charge in [-0.05, 0) is 24.3 Å². The van der Waals surface area contributed by atoms with Gasteiger partial charge in [0, 0.05) is 0 Å². The predicted octanol–water partition coefficient (Wildman–Crippen LogP) is 2.04. The molecule has 9 heteroatoms. The zero-order chi connectivity index (χ0) is 19.3. The molecule has 0 aliphatic carbocycles. The minimum Gasteiger partial charge on any atom is -0.225 e. The summed E-state index contributed by atoms with van der Waals surface area (Å²) in [6.45, 7) is 2.23. The fourth-order valence-corrected chi connectivity index (χ4v) is 3.68. The summed E-state index contributed by atoms with van der Waals surface area (Å²) in [5.74, 6) is 0. The van der Waals surface area contributed by atoms with E-state index in [4.69, 9.17) is 10.3 Å². The number of rotatable bonds is 4. The summed E-state index contributed by atoms with van der Waals surface area (Å²) in [5.41, 5.74) is 0. The maximum atomic E-state index is 10.6. The smallest absolute Gasteiger partial charge is 0.225 e. The summed E-state index contributed by atoms with van der Waals surface area (Å²) in [7, 11) is -7.01. The SMILES string of the molecule is CCC[CH2][Bi+2].NS(=O)(=O)c1ccccc1.NS(=O)(=O)c1ccccc1. The van der Waals surface area contributed by atoms with Crippen molar-refractivity contribution in [1.82, 2.24) is 0 Å². The first kappa shape index (κ1) is 24.1. The number of primary sulfonamides is 2. The Morgan fingerprint density at radius 1 is 0.760 bits per heavy atom. The average Bonchev–Trinajstić information content (AvgIpc) is 2.57. The van der Waals surface area contributed by atoms with Gasteiger partial charge in [0.2, 0.25) is 20.0 Å². The largest absolute Gasteiger partial charge is 0.238 e. The van der Waals surface area contributed by atoms with Crippen LogP contribution >= 0.6 is 0 Å². The van der Waals surface area contributed by atoms with Crippen LogP contribution in [0.4, 0.5) is 0 Å². The van der Waals surface area contributed by atoms with Crippen molar-refractivity contribution in [2.75, 3.05) is 0 Å². The van der Waals surface area contributed by atoms with Gasteiger partial charge in [0.25, 0.3) is 0 Å².